The Balaban J connectivity index is 1.45. The predicted molar refractivity (Wildman–Crippen MR) is 82.2 cm³/mol. The Morgan fingerprint density at radius 3 is 2.52 bits per heavy atom. The van der Waals surface area contributed by atoms with Gasteiger partial charge in [0.2, 0.25) is 5.91 Å². The van der Waals surface area contributed by atoms with Crippen LogP contribution >= 0.6 is 0 Å². The molecule has 1 saturated carbocycles. The molecule has 0 radical (unpaired) electrons. The highest BCUT2D eigenvalue weighted by atomic mass is 16.5. The molecule has 23 heavy (non-hydrogen) atoms. The second-order valence-electron chi connectivity index (χ2n) is 6.34. The van der Waals surface area contributed by atoms with Crippen LogP contribution in [-0.2, 0) is 9.53 Å². The molecule has 1 aromatic heterocycles. The van der Waals surface area contributed by atoms with Gasteiger partial charge in [0.15, 0.2) is 0 Å². The fourth-order valence-corrected chi connectivity index (χ4v) is 3.36. The lowest BCUT2D eigenvalue weighted by molar-refractivity contribution is -0.139. The monoisotopic (exact) mass is 321 g/mol. The number of hydrogen-bond acceptors (Lipinski definition) is 4. The summed E-state index contributed by atoms with van der Waals surface area (Å²) < 4.78 is 7.39. The molecule has 2 fully saturated rings. The fraction of sp³-hybridized carbons (Fsp3) is 0.688. The molecule has 0 aromatic carbocycles. The third-order valence-corrected chi connectivity index (χ3v) is 4.78. The molecule has 1 saturated heterocycles. The molecule has 1 aromatic rings. The smallest absolute Gasteiger partial charge is 0.338 e. The van der Waals surface area contributed by atoms with Crippen molar-refractivity contribution in [1.82, 2.24) is 14.7 Å². The van der Waals surface area contributed by atoms with Crippen molar-refractivity contribution in [2.75, 3.05) is 19.7 Å². The summed E-state index contributed by atoms with van der Waals surface area (Å²) in [5, 5.41) is 13.1. The normalized spacial score (nSPS) is 20.1. The number of carbonyl (C=O) groups excluding carboxylic acids is 1. The number of amides is 1. The van der Waals surface area contributed by atoms with Crippen LogP contribution in [-0.4, -0.2) is 57.5 Å². The molecule has 1 aliphatic heterocycles. The van der Waals surface area contributed by atoms with Crippen LogP contribution in [0.1, 0.15) is 54.9 Å². The Labute approximate surface area is 135 Å². The number of carbonyl (C=O) groups is 2. The van der Waals surface area contributed by atoms with E-state index < -0.39 is 5.97 Å². The number of aromatic nitrogens is 2. The van der Waals surface area contributed by atoms with Gasteiger partial charge in [0.05, 0.1) is 23.9 Å². The van der Waals surface area contributed by atoms with E-state index in [4.69, 9.17) is 9.84 Å². The first kappa shape index (κ1) is 16.0. The van der Waals surface area contributed by atoms with Crippen molar-refractivity contribution in [3.63, 3.8) is 0 Å². The molecule has 3 rings (SSSR count). The van der Waals surface area contributed by atoms with Crippen LogP contribution in [0.5, 0.6) is 0 Å². The lowest BCUT2D eigenvalue weighted by Crippen LogP contribution is -2.41. The molecule has 0 spiro atoms. The maximum absolute atomic E-state index is 12.2. The summed E-state index contributed by atoms with van der Waals surface area (Å²) in [4.78, 5) is 24.9. The first-order valence-electron chi connectivity index (χ1n) is 8.30. The van der Waals surface area contributed by atoms with Crippen LogP contribution in [0, 0.1) is 0 Å². The Hall–Kier alpha value is -1.89. The van der Waals surface area contributed by atoms with E-state index in [-0.39, 0.29) is 30.2 Å². The van der Waals surface area contributed by atoms with Gasteiger partial charge in [-0.15, -0.1) is 0 Å². The molecule has 0 unspecified atom stereocenters. The predicted octanol–water partition coefficient (Wildman–Crippen LogP) is 1.70. The molecule has 2 heterocycles. The average molecular weight is 321 g/mol. The van der Waals surface area contributed by atoms with Gasteiger partial charge in [-0.2, -0.15) is 5.10 Å². The van der Waals surface area contributed by atoms with E-state index in [9.17, 15) is 9.59 Å². The minimum Gasteiger partial charge on any atom is -0.478 e. The van der Waals surface area contributed by atoms with Crippen molar-refractivity contribution in [1.29, 1.82) is 0 Å². The van der Waals surface area contributed by atoms with E-state index in [0.29, 0.717) is 13.1 Å². The summed E-state index contributed by atoms with van der Waals surface area (Å²) in [6.45, 7) is 1.51. The summed E-state index contributed by atoms with van der Waals surface area (Å²) in [7, 11) is 0. The SMILES string of the molecule is O=C(O)c1cnn(C2CCN(C(=O)COC3CCCC3)CC2)c1. The number of nitrogens with zero attached hydrogens (tertiary/aromatic N) is 3. The van der Waals surface area contributed by atoms with Gasteiger partial charge >= 0.3 is 5.97 Å². The van der Waals surface area contributed by atoms with Crippen LogP contribution < -0.4 is 0 Å². The molecule has 1 N–H and O–H groups in total. The summed E-state index contributed by atoms with van der Waals surface area (Å²) in [6, 6.07) is 0.155. The maximum atomic E-state index is 12.2. The molecule has 2 aliphatic rings. The Morgan fingerprint density at radius 2 is 1.91 bits per heavy atom. The largest absolute Gasteiger partial charge is 0.478 e. The Morgan fingerprint density at radius 1 is 1.22 bits per heavy atom. The zero-order valence-electron chi connectivity index (χ0n) is 13.2. The van der Waals surface area contributed by atoms with Gasteiger partial charge in [-0.25, -0.2) is 4.79 Å². The van der Waals surface area contributed by atoms with E-state index in [1.54, 1.807) is 10.9 Å². The Kier molecular flexibility index (Phi) is 4.95. The number of carboxylic acid groups (broad SMARTS) is 1. The van der Waals surface area contributed by atoms with Crippen molar-refractivity contribution in [2.45, 2.75) is 50.7 Å². The molecule has 7 nitrogen and oxygen atoms in total. The average Bonchev–Trinajstić information content (AvgIpc) is 3.24. The van der Waals surface area contributed by atoms with Crippen molar-refractivity contribution in [2.24, 2.45) is 0 Å². The minimum absolute atomic E-state index is 0.0574. The highest BCUT2D eigenvalue weighted by Crippen LogP contribution is 2.23. The number of likely N-dealkylation sites (tertiary alicyclic amines) is 1. The fourth-order valence-electron chi connectivity index (χ4n) is 3.36. The van der Waals surface area contributed by atoms with Crippen molar-refractivity contribution < 1.29 is 19.4 Å². The lowest BCUT2D eigenvalue weighted by atomic mass is 10.1. The lowest BCUT2D eigenvalue weighted by Gasteiger charge is -2.32. The maximum Gasteiger partial charge on any atom is 0.338 e. The first-order chi connectivity index (χ1) is 11.1. The standard InChI is InChI=1S/C16H23N3O4/c20-15(11-23-14-3-1-2-4-14)18-7-5-13(6-8-18)19-10-12(9-17-19)16(21)22/h9-10,13-14H,1-8,11H2,(H,21,22). The van der Waals surface area contributed by atoms with Crippen molar-refractivity contribution >= 4 is 11.9 Å². The van der Waals surface area contributed by atoms with Gasteiger partial charge in [-0.3, -0.25) is 9.48 Å². The number of rotatable bonds is 5. The highest BCUT2D eigenvalue weighted by molar-refractivity contribution is 5.86. The molecule has 0 bridgehead atoms. The van der Waals surface area contributed by atoms with Crippen LogP contribution in [0.25, 0.3) is 0 Å². The van der Waals surface area contributed by atoms with E-state index in [1.165, 1.54) is 19.0 Å². The van der Waals surface area contributed by atoms with E-state index in [0.717, 1.165) is 25.7 Å². The van der Waals surface area contributed by atoms with Gasteiger partial charge in [-0.1, -0.05) is 12.8 Å². The number of piperidine rings is 1. The number of hydrogen-bond donors (Lipinski definition) is 1. The zero-order chi connectivity index (χ0) is 16.2. The summed E-state index contributed by atoms with van der Waals surface area (Å²) in [5.74, 6) is -0.907. The van der Waals surface area contributed by atoms with Gasteiger partial charge in [-0.05, 0) is 25.7 Å². The Bertz CT molecular complexity index is 557. The quantitative estimate of drug-likeness (QED) is 0.892. The molecule has 126 valence electrons. The molecular weight excluding hydrogens is 298 g/mol. The number of carboxylic acids is 1. The zero-order valence-corrected chi connectivity index (χ0v) is 13.2. The van der Waals surface area contributed by atoms with Crippen LogP contribution in [0.4, 0.5) is 0 Å². The van der Waals surface area contributed by atoms with E-state index in [2.05, 4.69) is 5.10 Å². The molecule has 1 amide bonds. The third kappa shape index (κ3) is 3.90. The van der Waals surface area contributed by atoms with Crippen molar-refractivity contribution in [3.8, 4) is 0 Å². The van der Waals surface area contributed by atoms with Gasteiger partial charge in [0.25, 0.3) is 0 Å². The number of aromatic carboxylic acids is 1. The third-order valence-electron chi connectivity index (χ3n) is 4.78. The van der Waals surface area contributed by atoms with Crippen molar-refractivity contribution in [3.05, 3.63) is 18.0 Å². The highest BCUT2D eigenvalue weighted by Gasteiger charge is 2.26. The first-order valence-corrected chi connectivity index (χ1v) is 8.30. The molecular formula is C16H23N3O4. The molecule has 0 atom stereocenters. The van der Waals surface area contributed by atoms with E-state index in [1.807, 2.05) is 4.90 Å². The summed E-state index contributed by atoms with van der Waals surface area (Å²) in [5.41, 5.74) is 0.202. The number of ether oxygens (including phenoxy) is 1. The van der Waals surface area contributed by atoms with E-state index >= 15 is 0 Å². The summed E-state index contributed by atoms with van der Waals surface area (Å²) in [6.07, 6.45) is 9.31. The van der Waals surface area contributed by atoms with Crippen LogP contribution in [0.2, 0.25) is 0 Å². The topological polar surface area (TPSA) is 84.7 Å². The molecule has 1 aliphatic carbocycles. The minimum atomic E-state index is -0.965. The second kappa shape index (κ2) is 7.12. The van der Waals surface area contributed by atoms with Gasteiger partial charge < -0.3 is 14.7 Å². The second-order valence-corrected chi connectivity index (χ2v) is 6.34. The summed E-state index contributed by atoms with van der Waals surface area (Å²) >= 11 is 0. The van der Waals surface area contributed by atoms with Gasteiger partial charge in [0.1, 0.15) is 6.61 Å². The van der Waals surface area contributed by atoms with Gasteiger partial charge in [0, 0.05) is 19.3 Å². The van der Waals surface area contributed by atoms with Crippen LogP contribution in [0.15, 0.2) is 12.4 Å². The van der Waals surface area contributed by atoms with Crippen LogP contribution in [0.3, 0.4) is 0 Å². The molecule has 7 heteroatoms.